The molecule has 132 valence electrons. The summed E-state index contributed by atoms with van der Waals surface area (Å²) in [5.74, 6) is 1.48. The van der Waals surface area contributed by atoms with E-state index >= 15 is 0 Å². The molecule has 0 heterocycles. The van der Waals surface area contributed by atoms with Crippen molar-refractivity contribution in [3.63, 3.8) is 0 Å². The van der Waals surface area contributed by atoms with E-state index in [1.807, 2.05) is 32.0 Å². The van der Waals surface area contributed by atoms with Gasteiger partial charge in [0.1, 0.15) is 0 Å². The molecule has 0 aliphatic rings. The van der Waals surface area contributed by atoms with E-state index in [2.05, 4.69) is 19.2 Å². The summed E-state index contributed by atoms with van der Waals surface area (Å²) in [5, 5.41) is 2.97. The van der Waals surface area contributed by atoms with Crippen molar-refractivity contribution in [2.24, 2.45) is 11.7 Å². The van der Waals surface area contributed by atoms with E-state index in [1.54, 1.807) is 6.07 Å². The van der Waals surface area contributed by atoms with Crippen LogP contribution in [0.25, 0.3) is 0 Å². The number of carbonyl (C=O) groups is 1. The molecule has 1 aromatic rings. The summed E-state index contributed by atoms with van der Waals surface area (Å²) in [4.78, 5) is 12.1. The Hall–Kier alpha value is -1.46. The largest absolute Gasteiger partial charge is 0.490 e. The van der Waals surface area contributed by atoms with Crippen LogP contribution in [0.3, 0.4) is 0 Å². The minimum absolute atomic E-state index is 0. The number of benzene rings is 1. The van der Waals surface area contributed by atoms with Crippen LogP contribution in [-0.4, -0.2) is 31.2 Å². The third kappa shape index (κ3) is 7.57. The van der Waals surface area contributed by atoms with Crippen molar-refractivity contribution >= 4 is 18.3 Å². The topological polar surface area (TPSA) is 73.6 Å². The molecule has 0 fully saturated rings. The zero-order valence-electron chi connectivity index (χ0n) is 14.4. The van der Waals surface area contributed by atoms with Crippen molar-refractivity contribution in [2.45, 2.75) is 39.7 Å². The molecule has 6 heteroatoms. The van der Waals surface area contributed by atoms with Crippen LogP contribution >= 0.6 is 12.4 Å². The van der Waals surface area contributed by atoms with Crippen molar-refractivity contribution < 1.29 is 14.3 Å². The number of nitrogens with one attached hydrogen (secondary N) is 1. The standard InChI is InChI=1S/C17H28N2O3.ClH/c1-5-21-14-8-6-7-9-15(14)22-11-16(20)19-17(4,12-18)10-13(2)3;/h6-9,13H,5,10-12,18H2,1-4H3,(H,19,20);1H. The number of hydrogen-bond acceptors (Lipinski definition) is 4. The number of carbonyl (C=O) groups excluding carboxylic acids is 1. The maximum atomic E-state index is 12.1. The van der Waals surface area contributed by atoms with Gasteiger partial charge in [-0.05, 0) is 38.3 Å². The Kier molecular flexibility index (Phi) is 9.68. The van der Waals surface area contributed by atoms with Crippen LogP contribution in [0.15, 0.2) is 24.3 Å². The second-order valence-corrected chi connectivity index (χ2v) is 6.08. The highest BCUT2D eigenvalue weighted by Gasteiger charge is 2.26. The van der Waals surface area contributed by atoms with Gasteiger partial charge in [0.05, 0.1) is 6.61 Å². The Labute approximate surface area is 145 Å². The van der Waals surface area contributed by atoms with Gasteiger partial charge in [-0.1, -0.05) is 26.0 Å². The Morgan fingerprint density at radius 1 is 1.26 bits per heavy atom. The fraction of sp³-hybridized carbons (Fsp3) is 0.588. The normalized spacial score (nSPS) is 13.0. The van der Waals surface area contributed by atoms with Crippen LogP contribution in [0.4, 0.5) is 0 Å². The zero-order chi connectivity index (χ0) is 16.6. The second kappa shape index (κ2) is 10.3. The number of hydrogen-bond donors (Lipinski definition) is 2. The number of halogens is 1. The number of rotatable bonds is 9. The van der Waals surface area contributed by atoms with Gasteiger partial charge in [0.15, 0.2) is 18.1 Å². The molecule has 3 N–H and O–H groups in total. The van der Waals surface area contributed by atoms with Crippen molar-refractivity contribution in [2.75, 3.05) is 19.8 Å². The first-order valence-corrected chi connectivity index (χ1v) is 7.76. The van der Waals surface area contributed by atoms with E-state index in [0.717, 1.165) is 6.42 Å². The van der Waals surface area contributed by atoms with Crippen LogP contribution in [0.1, 0.15) is 34.1 Å². The molecular weight excluding hydrogens is 316 g/mol. The summed E-state index contributed by atoms with van der Waals surface area (Å²) in [6.45, 7) is 8.96. The molecule has 0 aliphatic heterocycles. The predicted octanol–water partition coefficient (Wildman–Crippen LogP) is 2.77. The van der Waals surface area contributed by atoms with Crippen LogP contribution < -0.4 is 20.5 Å². The lowest BCUT2D eigenvalue weighted by Gasteiger charge is -2.31. The molecule has 23 heavy (non-hydrogen) atoms. The van der Waals surface area contributed by atoms with Crippen molar-refractivity contribution in [3.05, 3.63) is 24.3 Å². The molecule has 1 unspecified atom stereocenters. The maximum absolute atomic E-state index is 12.1. The summed E-state index contributed by atoms with van der Waals surface area (Å²) in [7, 11) is 0. The van der Waals surface area contributed by atoms with E-state index < -0.39 is 5.54 Å². The molecule has 5 nitrogen and oxygen atoms in total. The van der Waals surface area contributed by atoms with Crippen molar-refractivity contribution in [1.29, 1.82) is 0 Å². The minimum Gasteiger partial charge on any atom is -0.490 e. The van der Waals surface area contributed by atoms with E-state index in [1.165, 1.54) is 0 Å². The number of ether oxygens (including phenoxy) is 2. The average Bonchev–Trinajstić information content (AvgIpc) is 2.46. The van der Waals surface area contributed by atoms with Gasteiger partial charge in [0.25, 0.3) is 5.91 Å². The summed E-state index contributed by atoms with van der Waals surface area (Å²) < 4.78 is 11.0. The highest BCUT2D eigenvalue weighted by molar-refractivity contribution is 5.85. The molecule has 1 rings (SSSR count). The van der Waals surface area contributed by atoms with Gasteiger partial charge >= 0.3 is 0 Å². The molecule has 1 atom stereocenters. The SMILES string of the molecule is CCOc1ccccc1OCC(=O)NC(C)(CN)CC(C)C.Cl. The van der Waals surface area contributed by atoms with Crippen molar-refractivity contribution in [1.82, 2.24) is 5.32 Å². The molecule has 0 bridgehead atoms. The summed E-state index contributed by atoms with van der Waals surface area (Å²) in [6.07, 6.45) is 0.824. The van der Waals surface area contributed by atoms with Gasteiger partial charge < -0.3 is 20.5 Å². The Balaban J connectivity index is 0.00000484. The molecule has 0 spiro atoms. The molecule has 1 aromatic carbocycles. The second-order valence-electron chi connectivity index (χ2n) is 6.08. The summed E-state index contributed by atoms with van der Waals surface area (Å²) >= 11 is 0. The Bertz CT molecular complexity index is 483. The lowest BCUT2D eigenvalue weighted by molar-refractivity contribution is -0.125. The first-order chi connectivity index (χ1) is 10.4. The first kappa shape index (κ1) is 21.5. The lowest BCUT2D eigenvalue weighted by atomic mass is 9.91. The van der Waals surface area contributed by atoms with Crippen LogP contribution in [0.5, 0.6) is 11.5 Å². The minimum atomic E-state index is -0.409. The number of para-hydroxylation sites is 2. The third-order valence-electron chi connectivity index (χ3n) is 3.26. The van der Waals surface area contributed by atoms with E-state index in [4.69, 9.17) is 15.2 Å². The van der Waals surface area contributed by atoms with Gasteiger partial charge in [-0.3, -0.25) is 4.79 Å². The smallest absolute Gasteiger partial charge is 0.258 e. The summed E-state index contributed by atoms with van der Waals surface area (Å²) in [5.41, 5.74) is 5.39. The van der Waals surface area contributed by atoms with Gasteiger partial charge in [-0.25, -0.2) is 0 Å². The Morgan fingerprint density at radius 3 is 2.30 bits per heavy atom. The van der Waals surface area contributed by atoms with Crippen LogP contribution in [-0.2, 0) is 4.79 Å². The maximum Gasteiger partial charge on any atom is 0.258 e. The van der Waals surface area contributed by atoms with E-state index in [0.29, 0.717) is 30.6 Å². The van der Waals surface area contributed by atoms with Gasteiger partial charge in [-0.15, -0.1) is 12.4 Å². The molecule has 0 radical (unpaired) electrons. The first-order valence-electron chi connectivity index (χ1n) is 7.76. The molecular formula is C17H29ClN2O3. The number of nitrogens with two attached hydrogens (primary N) is 1. The van der Waals surface area contributed by atoms with E-state index in [-0.39, 0.29) is 24.9 Å². The summed E-state index contributed by atoms with van der Waals surface area (Å²) in [6, 6.07) is 7.32. The molecule has 0 aliphatic carbocycles. The average molecular weight is 345 g/mol. The number of amides is 1. The van der Waals surface area contributed by atoms with Crippen LogP contribution in [0.2, 0.25) is 0 Å². The Morgan fingerprint density at radius 2 is 1.83 bits per heavy atom. The van der Waals surface area contributed by atoms with Gasteiger partial charge in [0.2, 0.25) is 0 Å². The van der Waals surface area contributed by atoms with Crippen molar-refractivity contribution in [3.8, 4) is 11.5 Å². The van der Waals surface area contributed by atoms with Crippen LogP contribution in [0, 0.1) is 5.92 Å². The fourth-order valence-corrected chi connectivity index (χ4v) is 2.45. The van der Waals surface area contributed by atoms with Gasteiger partial charge in [0, 0.05) is 12.1 Å². The monoisotopic (exact) mass is 344 g/mol. The molecule has 0 saturated carbocycles. The predicted molar refractivity (Wildman–Crippen MR) is 95.4 cm³/mol. The quantitative estimate of drug-likeness (QED) is 0.722. The molecule has 1 amide bonds. The highest BCUT2D eigenvalue weighted by atomic mass is 35.5. The fourth-order valence-electron chi connectivity index (χ4n) is 2.45. The zero-order valence-corrected chi connectivity index (χ0v) is 15.2. The third-order valence-corrected chi connectivity index (χ3v) is 3.26. The highest BCUT2D eigenvalue weighted by Crippen LogP contribution is 2.26. The van der Waals surface area contributed by atoms with Gasteiger partial charge in [-0.2, -0.15) is 0 Å². The molecule has 0 aromatic heterocycles. The van der Waals surface area contributed by atoms with E-state index in [9.17, 15) is 4.79 Å². The molecule has 0 saturated heterocycles. The lowest BCUT2D eigenvalue weighted by Crippen LogP contribution is -2.53.